The number of rotatable bonds is 7. The number of amides is 1. The molecule has 2 rings (SSSR count). The molecule has 1 aliphatic carbocycles. The fraction of sp³-hybridized carbons (Fsp3) is 0.611. The molecule has 0 saturated heterocycles. The van der Waals surface area contributed by atoms with E-state index in [2.05, 4.69) is 5.32 Å². The zero-order valence-electron chi connectivity index (χ0n) is 14.3. The van der Waals surface area contributed by atoms with Gasteiger partial charge in [-0.15, -0.1) is 0 Å². The van der Waals surface area contributed by atoms with Crippen molar-refractivity contribution in [1.82, 2.24) is 10.2 Å². The highest BCUT2D eigenvalue weighted by molar-refractivity contribution is 5.81. The second kappa shape index (κ2) is 8.31. The van der Waals surface area contributed by atoms with E-state index < -0.39 is 0 Å². The third-order valence-corrected chi connectivity index (χ3v) is 4.78. The molecular formula is C18H28N2O3. The first-order valence-electron chi connectivity index (χ1n) is 8.30. The van der Waals surface area contributed by atoms with Crippen LogP contribution in [0, 0.1) is 5.92 Å². The predicted octanol–water partition coefficient (Wildman–Crippen LogP) is 1.79. The lowest BCUT2D eigenvalue weighted by molar-refractivity contribution is -0.125. The summed E-state index contributed by atoms with van der Waals surface area (Å²) in [5.74, 6) is 1.08. The molecule has 1 fully saturated rings. The third-order valence-electron chi connectivity index (χ3n) is 4.78. The van der Waals surface area contributed by atoms with Gasteiger partial charge in [0.05, 0.1) is 19.3 Å². The number of nitrogens with zero attached hydrogens (tertiary/aromatic N) is 1. The van der Waals surface area contributed by atoms with Crippen molar-refractivity contribution >= 4 is 5.91 Å². The van der Waals surface area contributed by atoms with Gasteiger partial charge in [0.2, 0.25) is 5.91 Å². The Labute approximate surface area is 138 Å². The Kier molecular flexibility index (Phi) is 6.42. The molecule has 0 aliphatic heterocycles. The highest BCUT2D eigenvalue weighted by atomic mass is 16.5. The van der Waals surface area contributed by atoms with Crippen LogP contribution in [0.15, 0.2) is 24.3 Å². The average molecular weight is 320 g/mol. The maximum Gasteiger partial charge on any atom is 0.237 e. The summed E-state index contributed by atoms with van der Waals surface area (Å²) in [6.07, 6.45) is 2.79. The Bertz CT molecular complexity index is 521. The van der Waals surface area contributed by atoms with Crippen molar-refractivity contribution in [2.24, 2.45) is 5.92 Å². The van der Waals surface area contributed by atoms with Crippen LogP contribution < -0.4 is 10.1 Å². The molecule has 0 radical (unpaired) electrons. The Morgan fingerprint density at radius 1 is 1.48 bits per heavy atom. The molecule has 23 heavy (non-hydrogen) atoms. The van der Waals surface area contributed by atoms with Gasteiger partial charge in [-0.25, -0.2) is 0 Å². The number of ether oxygens (including phenoxy) is 1. The number of aliphatic hydroxyl groups is 1. The van der Waals surface area contributed by atoms with Gasteiger partial charge >= 0.3 is 0 Å². The molecular weight excluding hydrogens is 292 g/mol. The Morgan fingerprint density at radius 3 is 2.91 bits per heavy atom. The van der Waals surface area contributed by atoms with E-state index in [1.807, 2.05) is 43.1 Å². The average Bonchev–Trinajstić information content (AvgIpc) is 2.97. The van der Waals surface area contributed by atoms with Crippen molar-refractivity contribution in [3.05, 3.63) is 29.8 Å². The topological polar surface area (TPSA) is 61.8 Å². The molecule has 0 heterocycles. The summed E-state index contributed by atoms with van der Waals surface area (Å²) in [4.78, 5) is 14.3. The lowest BCUT2D eigenvalue weighted by Crippen LogP contribution is -2.45. The van der Waals surface area contributed by atoms with Gasteiger partial charge in [0.15, 0.2) is 0 Å². The van der Waals surface area contributed by atoms with E-state index in [1.165, 1.54) is 0 Å². The Balaban J connectivity index is 1.81. The third kappa shape index (κ3) is 4.94. The number of nitrogens with one attached hydrogen (secondary N) is 1. The minimum Gasteiger partial charge on any atom is -0.497 e. The van der Waals surface area contributed by atoms with Crippen LogP contribution in [0.25, 0.3) is 0 Å². The second-order valence-corrected chi connectivity index (χ2v) is 6.44. The highest BCUT2D eigenvalue weighted by Crippen LogP contribution is 2.26. The largest absolute Gasteiger partial charge is 0.497 e. The van der Waals surface area contributed by atoms with Crippen LogP contribution in [-0.4, -0.2) is 48.8 Å². The SMILES string of the molecule is COc1cccc(CNC(=O)C(C)N(C)CC2CCCC2O)c1. The number of benzene rings is 1. The van der Waals surface area contributed by atoms with E-state index >= 15 is 0 Å². The maximum atomic E-state index is 12.3. The van der Waals surface area contributed by atoms with E-state index in [9.17, 15) is 9.90 Å². The summed E-state index contributed by atoms with van der Waals surface area (Å²) < 4.78 is 5.19. The Hall–Kier alpha value is -1.59. The lowest BCUT2D eigenvalue weighted by atomic mass is 10.0. The van der Waals surface area contributed by atoms with Crippen molar-refractivity contribution in [1.29, 1.82) is 0 Å². The van der Waals surface area contributed by atoms with Gasteiger partial charge in [-0.3, -0.25) is 9.69 Å². The fourth-order valence-corrected chi connectivity index (χ4v) is 3.08. The molecule has 1 aromatic carbocycles. The van der Waals surface area contributed by atoms with Crippen LogP contribution in [0.2, 0.25) is 0 Å². The summed E-state index contributed by atoms with van der Waals surface area (Å²) in [6, 6.07) is 7.47. The van der Waals surface area contributed by atoms with Gasteiger partial charge in [0.1, 0.15) is 5.75 Å². The van der Waals surface area contributed by atoms with Crippen molar-refractivity contribution in [3.8, 4) is 5.75 Å². The van der Waals surface area contributed by atoms with Gasteiger partial charge in [-0.05, 0) is 50.4 Å². The zero-order valence-corrected chi connectivity index (χ0v) is 14.3. The molecule has 1 saturated carbocycles. The number of hydrogen-bond donors (Lipinski definition) is 2. The molecule has 5 heteroatoms. The predicted molar refractivity (Wildman–Crippen MR) is 90.3 cm³/mol. The van der Waals surface area contributed by atoms with E-state index in [0.717, 1.165) is 37.1 Å². The summed E-state index contributed by atoms with van der Waals surface area (Å²) >= 11 is 0. The van der Waals surface area contributed by atoms with Crippen LogP contribution in [0.3, 0.4) is 0 Å². The van der Waals surface area contributed by atoms with Gasteiger partial charge in [-0.1, -0.05) is 18.6 Å². The molecule has 128 valence electrons. The monoisotopic (exact) mass is 320 g/mol. The molecule has 5 nitrogen and oxygen atoms in total. The fourth-order valence-electron chi connectivity index (χ4n) is 3.08. The standard InChI is InChI=1S/C18H28N2O3/c1-13(20(2)12-15-7-5-9-17(15)21)18(22)19-11-14-6-4-8-16(10-14)23-3/h4,6,8,10,13,15,17,21H,5,7,9,11-12H2,1-3H3,(H,19,22). The van der Waals surface area contributed by atoms with Crippen molar-refractivity contribution in [2.45, 2.75) is 44.9 Å². The molecule has 1 amide bonds. The van der Waals surface area contributed by atoms with Gasteiger partial charge in [0, 0.05) is 13.1 Å². The van der Waals surface area contributed by atoms with Crippen LogP contribution in [0.4, 0.5) is 0 Å². The van der Waals surface area contributed by atoms with Gasteiger partial charge in [0.25, 0.3) is 0 Å². The molecule has 2 N–H and O–H groups in total. The minimum atomic E-state index is -0.218. The first kappa shape index (κ1) is 17.8. The van der Waals surface area contributed by atoms with E-state index in [1.54, 1.807) is 7.11 Å². The number of likely N-dealkylation sites (N-methyl/N-ethyl adjacent to an activating group) is 1. The van der Waals surface area contributed by atoms with Crippen LogP contribution in [-0.2, 0) is 11.3 Å². The summed E-state index contributed by atoms with van der Waals surface area (Å²) in [7, 11) is 3.58. The Morgan fingerprint density at radius 2 is 2.26 bits per heavy atom. The molecule has 0 spiro atoms. The number of methoxy groups -OCH3 is 1. The minimum absolute atomic E-state index is 0.00260. The molecule has 3 unspecified atom stereocenters. The molecule has 1 aromatic rings. The molecule has 3 atom stereocenters. The normalized spacial score (nSPS) is 22.1. The number of aliphatic hydroxyl groups excluding tert-OH is 1. The van der Waals surface area contributed by atoms with Crippen molar-refractivity contribution in [3.63, 3.8) is 0 Å². The first-order valence-corrected chi connectivity index (χ1v) is 8.30. The number of hydrogen-bond acceptors (Lipinski definition) is 4. The van der Waals surface area contributed by atoms with Crippen LogP contribution in [0.5, 0.6) is 5.75 Å². The summed E-state index contributed by atoms with van der Waals surface area (Å²) in [5, 5.41) is 12.9. The summed E-state index contributed by atoms with van der Waals surface area (Å²) in [6.45, 7) is 3.15. The highest BCUT2D eigenvalue weighted by Gasteiger charge is 2.28. The number of carbonyl (C=O) groups is 1. The van der Waals surface area contributed by atoms with Gasteiger partial charge in [-0.2, -0.15) is 0 Å². The van der Waals surface area contributed by atoms with Crippen molar-refractivity contribution in [2.75, 3.05) is 20.7 Å². The van der Waals surface area contributed by atoms with E-state index in [0.29, 0.717) is 6.54 Å². The molecule has 1 aliphatic rings. The smallest absolute Gasteiger partial charge is 0.237 e. The van der Waals surface area contributed by atoms with Crippen LogP contribution in [0.1, 0.15) is 31.7 Å². The second-order valence-electron chi connectivity index (χ2n) is 6.44. The van der Waals surface area contributed by atoms with Gasteiger partial charge < -0.3 is 15.2 Å². The van der Waals surface area contributed by atoms with Crippen LogP contribution >= 0.6 is 0 Å². The van der Waals surface area contributed by atoms with Crippen molar-refractivity contribution < 1.29 is 14.6 Å². The summed E-state index contributed by atoms with van der Waals surface area (Å²) in [5.41, 5.74) is 1.01. The quantitative estimate of drug-likeness (QED) is 0.804. The lowest BCUT2D eigenvalue weighted by Gasteiger charge is -2.28. The van der Waals surface area contributed by atoms with E-state index in [-0.39, 0.29) is 24.0 Å². The molecule has 0 bridgehead atoms. The number of carbonyl (C=O) groups excluding carboxylic acids is 1. The first-order chi connectivity index (χ1) is 11.0. The molecule has 0 aromatic heterocycles. The zero-order chi connectivity index (χ0) is 16.8. The van der Waals surface area contributed by atoms with E-state index in [4.69, 9.17) is 4.74 Å². The maximum absolute atomic E-state index is 12.3.